The maximum absolute atomic E-state index is 13.5. The Morgan fingerprint density at radius 2 is 1.33 bits per heavy atom. The van der Waals surface area contributed by atoms with Crippen LogP contribution in [0.1, 0.15) is 11.1 Å². The molecule has 0 heterocycles. The van der Waals surface area contributed by atoms with Crippen LogP contribution in [0, 0.1) is 6.92 Å². The molecule has 1 rings (SSSR count). The van der Waals surface area contributed by atoms with Gasteiger partial charge in [0.1, 0.15) is 0 Å². The van der Waals surface area contributed by atoms with Gasteiger partial charge in [-0.25, -0.2) is 0 Å². The fourth-order valence-electron chi connectivity index (χ4n) is 1.48. The number of halogens is 9. The lowest BCUT2D eigenvalue weighted by Crippen LogP contribution is -2.59. The zero-order valence-corrected chi connectivity index (χ0v) is 10.1. The second kappa shape index (κ2) is 5.10. The summed E-state index contributed by atoms with van der Waals surface area (Å²) in [5.74, 6) is -19.2. The second-order valence-electron chi connectivity index (χ2n) is 4.17. The third-order valence-electron chi connectivity index (χ3n) is 2.72. The molecule has 0 aliphatic rings. The Hall–Kier alpha value is -1.41. The van der Waals surface area contributed by atoms with Gasteiger partial charge in [0.05, 0.1) is 0 Å². The molecule has 0 saturated carbocycles. The molecular formula is C12H8F9. The highest BCUT2D eigenvalue weighted by Crippen LogP contribution is 2.56. The summed E-state index contributed by atoms with van der Waals surface area (Å²) in [6.45, 7) is 3.27. The van der Waals surface area contributed by atoms with Crippen LogP contribution in [0.4, 0.5) is 39.5 Å². The molecule has 21 heavy (non-hydrogen) atoms. The van der Waals surface area contributed by atoms with Crippen LogP contribution >= 0.6 is 0 Å². The topological polar surface area (TPSA) is 0 Å². The van der Waals surface area contributed by atoms with E-state index >= 15 is 0 Å². The zero-order chi connectivity index (χ0) is 16.7. The molecule has 0 aliphatic carbocycles. The van der Waals surface area contributed by atoms with Crippen LogP contribution in [0.15, 0.2) is 24.3 Å². The highest BCUT2D eigenvalue weighted by molar-refractivity contribution is 5.30. The van der Waals surface area contributed by atoms with Crippen LogP contribution < -0.4 is 0 Å². The van der Waals surface area contributed by atoms with Crippen molar-refractivity contribution >= 4 is 0 Å². The number of benzene rings is 1. The molecule has 0 nitrogen and oxygen atoms in total. The van der Waals surface area contributed by atoms with E-state index < -0.39 is 29.5 Å². The van der Waals surface area contributed by atoms with E-state index in [1.807, 2.05) is 0 Å². The molecule has 0 N–H and O–H groups in total. The van der Waals surface area contributed by atoms with Gasteiger partial charge in [0, 0.05) is 5.56 Å². The van der Waals surface area contributed by atoms with Crippen LogP contribution in [0.25, 0.3) is 0 Å². The van der Waals surface area contributed by atoms with Crippen LogP contribution in [-0.2, 0) is 12.3 Å². The summed E-state index contributed by atoms with van der Waals surface area (Å²) in [6.07, 6.45) is -6.95. The summed E-state index contributed by atoms with van der Waals surface area (Å²) >= 11 is 0. The lowest BCUT2D eigenvalue weighted by molar-refractivity contribution is -0.399. The van der Waals surface area contributed by atoms with Gasteiger partial charge in [-0.2, -0.15) is 39.5 Å². The summed E-state index contributed by atoms with van der Waals surface area (Å²) in [7, 11) is 0. The van der Waals surface area contributed by atoms with Gasteiger partial charge in [0.25, 0.3) is 0 Å². The largest absolute Gasteiger partial charge is 0.460 e. The van der Waals surface area contributed by atoms with Crippen molar-refractivity contribution in [2.45, 2.75) is 30.4 Å². The highest BCUT2D eigenvalue weighted by atomic mass is 19.4. The Morgan fingerprint density at radius 1 is 0.810 bits per heavy atom. The molecule has 0 fully saturated rings. The second-order valence-corrected chi connectivity index (χ2v) is 4.17. The molecular weight excluding hydrogens is 315 g/mol. The monoisotopic (exact) mass is 323 g/mol. The van der Waals surface area contributed by atoms with Gasteiger partial charge >= 0.3 is 23.9 Å². The first-order valence-electron chi connectivity index (χ1n) is 5.38. The Kier molecular flexibility index (Phi) is 4.28. The van der Waals surface area contributed by atoms with Gasteiger partial charge in [-0.3, -0.25) is 0 Å². The Labute approximate surface area is 113 Å². The van der Waals surface area contributed by atoms with Crippen LogP contribution in [0.5, 0.6) is 0 Å². The molecule has 0 aliphatic heterocycles. The first kappa shape index (κ1) is 17.6. The predicted molar refractivity (Wildman–Crippen MR) is 55.3 cm³/mol. The van der Waals surface area contributed by atoms with Gasteiger partial charge in [-0.1, -0.05) is 18.2 Å². The summed E-state index contributed by atoms with van der Waals surface area (Å²) in [4.78, 5) is 0. The van der Waals surface area contributed by atoms with Crippen molar-refractivity contribution in [3.63, 3.8) is 0 Å². The van der Waals surface area contributed by atoms with Gasteiger partial charge < -0.3 is 0 Å². The minimum atomic E-state index is -6.88. The van der Waals surface area contributed by atoms with E-state index in [1.165, 1.54) is 6.07 Å². The smallest absolute Gasteiger partial charge is 0.194 e. The molecule has 0 saturated heterocycles. The van der Waals surface area contributed by atoms with E-state index in [9.17, 15) is 39.5 Å². The SMILES string of the molecule is [CH2]Cc1cccc(C(F)(F)C(F)(F)C(F)(F)C(F)(F)F)c1. The number of rotatable bonds is 4. The third kappa shape index (κ3) is 2.69. The summed E-state index contributed by atoms with van der Waals surface area (Å²) < 4.78 is 115. The number of hydrogen-bond donors (Lipinski definition) is 0. The molecule has 0 spiro atoms. The lowest BCUT2D eigenvalue weighted by atomic mass is 9.95. The molecule has 1 aromatic carbocycles. The minimum absolute atomic E-state index is 0.0155. The van der Waals surface area contributed by atoms with Crippen molar-refractivity contribution in [3.05, 3.63) is 42.3 Å². The van der Waals surface area contributed by atoms with Crippen LogP contribution in [-0.4, -0.2) is 18.0 Å². The Bertz CT molecular complexity index is 502. The maximum Gasteiger partial charge on any atom is 0.460 e. The van der Waals surface area contributed by atoms with Gasteiger partial charge in [0.2, 0.25) is 0 Å². The van der Waals surface area contributed by atoms with Gasteiger partial charge in [-0.05, 0) is 25.0 Å². The molecule has 9 heteroatoms. The van der Waals surface area contributed by atoms with Crippen LogP contribution in [0.3, 0.4) is 0 Å². The quantitative estimate of drug-likeness (QED) is 0.685. The van der Waals surface area contributed by atoms with E-state index in [0.29, 0.717) is 12.1 Å². The van der Waals surface area contributed by atoms with E-state index in [1.54, 1.807) is 0 Å². The van der Waals surface area contributed by atoms with Crippen molar-refractivity contribution in [1.82, 2.24) is 0 Å². The summed E-state index contributed by atoms with van der Waals surface area (Å²) in [5, 5.41) is 0. The highest BCUT2D eigenvalue weighted by Gasteiger charge is 2.81. The van der Waals surface area contributed by atoms with Crippen molar-refractivity contribution in [3.8, 4) is 0 Å². The average Bonchev–Trinajstić information content (AvgIpc) is 2.37. The predicted octanol–water partition coefficient (Wildman–Crippen LogP) is 4.99. The molecule has 0 amide bonds. The van der Waals surface area contributed by atoms with Crippen molar-refractivity contribution < 1.29 is 39.5 Å². The minimum Gasteiger partial charge on any atom is -0.194 e. The fourth-order valence-corrected chi connectivity index (χ4v) is 1.48. The molecule has 0 bridgehead atoms. The third-order valence-corrected chi connectivity index (χ3v) is 2.72. The maximum atomic E-state index is 13.5. The fraction of sp³-hybridized carbons (Fsp3) is 0.417. The van der Waals surface area contributed by atoms with Crippen molar-refractivity contribution in [2.24, 2.45) is 0 Å². The van der Waals surface area contributed by atoms with E-state index in [2.05, 4.69) is 6.92 Å². The average molecular weight is 323 g/mol. The Morgan fingerprint density at radius 3 is 1.76 bits per heavy atom. The van der Waals surface area contributed by atoms with Crippen molar-refractivity contribution in [2.75, 3.05) is 0 Å². The molecule has 0 aromatic heterocycles. The van der Waals surface area contributed by atoms with E-state index in [4.69, 9.17) is 0 Å². The van der Waals surface area contributed by atoms with E-state index in [-0.39, 0.29) is 12.0 Å². The summed E-state index contributed by atoms with van der Waals surface area (Å²) in [5.41, 5.74) is -1.66. The molecule has 0 unspecified atom stereocenters. The molecule has 119 valence electrons. The first-order chi connectivity index (χ1) is 9.29. The van der Waals surface area contributed by atoms with Gasteiger partial charge in [-0.15, -0.1) is 0 Å². The lowest BCUT2D eigenvalue weighted by Gasteiger charge is -2.33. The Balaban J connectivity index is 3.39. The molecule has 0 atom stereocenters. The normalized spacial score (nSPS) is 14.4. The first-order valence-corrected chi connectivity index (χ1v) is 5.38. The van der Waals surface area contributed by atoms with Crippen molar-refractivity contribution in [1.29, 1.82) is 0 Å². The van der Waals surface area contributed by atoms with Crippen LogP contribution in [0.2, 0.25) is 0 Å². The summed E-state index contributed by atoms with van der Waals surface area (Å²) in [6, 6.07) is 2.78. The number of hydrogen-bond acceptors (Lipinski definition) is 0. The molecule has 1 aromatic rings. The van der Waals surface area contributed by atoms with E-state index in [0.717, 1.165) is 6.07 Å². The van der Waals surface area contributed by atoms with Gasteiger partial charge in [0.15, 0.2) is 0 Å². The zero-order valence-electron chi connectivity index (χ0n) is 10.1. The number of alkyl halides is 9. The standard InChI is InChI=1S/C12H8F9/c1-2-7-4-3-5-8(6-7)9(13,14)10(15,16)11(17,18)12(19,20)21/h3-6H,1-2H2. The molecule has 1 radical (unpaired) electrons.